The van der Waals surface area contributed by atoms with Crippen molar-refractivity contribution in [1.29, 1.82) is 0 Å². The van der Waals surface area contributed by atoms with Gasteiger partial charge < -0.3 is 10.5 Å². The van der Waals surface area contributed by atoms with Gasteiger partial charge in [0.25, 0.3) is 0 Å². The third-order valence-corrected chi connectivity index (χ3v) is 4.90. The number of rotatable bonds is 3. The van der Waals surface area contributed by atoms with E-state index in [-0.39, 0.29) is 6.04 Å². The van der Waals surface area contributed by atoms with E-state index in [0.717, 1.165) is 28.3 Å². The number of aryl methyl sites for hydroxylation is 3. The molecule has 0 fully saturated rings. The highest BCUT2D eigenvalue weighted by atomic mass is 32.1. The molecule has 1 unspecified atom stereocenters. The highest BCUT2D eigenvalue weighted by Gasteiger charge is 2.21. The highest BCUT2D eigenvalue weighted by molar-refractivity contribution is 7.11. The molecule has 0 radical (unpaired) electrons. The van der Waals surface area contributed by atoms with Crippen LogP contribution >= 0.6 is 11.3 Å². The lowest BCUT2D eigenvalue weighted by Crippen LogP contribution is -2.12. The van der Waals surface area contributed by atoms with E-state index in [9.17, 15) is 0 Å². The largest absolute Gasteiger partial charge is 0.496 e. The number of hydrogen-bond acceptors (Lipinski definition) is 4. The van der Waals surface area contributed by atoms with Crippen LogP contribution in [0.5, 0.6) is 5.75 Å². The first-order valence-corrected chi connectivity index (χ1v) is 7.39. The quantitative estimate of drug-likeness (QED) is 0.936. The van der Waals surface area contributed by atoms with E-state index in [4.69, 9.17) is 15.5 Å². The molecule has 19 heavy (non-hydrogen) atoms. The smallest absolute Gasteiger partial charge is 0.121 e. The SMILES string of the molecule is COc1ccc(C(N)c2nc3c(s2)CCC3)cc1C. The van der Waals surface area contributed by atoms with E-state index in [2.05, 4.69) is 6.07 Å². The molecule has 3 nitrogen and oxygen atoms in total. The topological polar surface area (TPSA) is 48.1 Å². The predicted octanol–water partition coefficient (Wildman–Crippen LogP) is 3.00. The van der Waals surface area contributed by atoms with Gasteiger partial charge in [-0.05, 0) is 43.4 Å². The molecule has 1 heterocycles. The first kappa shape index (κ1) is 12.6. The number of aromatic nitrogens is 1. The number of hydrogen-bond donors (Lipinski definition) is 1. The Morgan fingerprint density at radius 3 is 2.89 bits per heavy atom. The van der Waals surface area contributed by atoms with Crippen LogP contribution in [0.2, 0.25) is 0 Å². The first-order chi connectivity index (χ1) is 9.19. The van der Waals surface area contributed by atoms with Crippen molar-refractivity contribution in [2.75, 3.05) is 7.11 Å². The van der Waals surface area contributed by atoms with Crippen LogP contribution in [-0.4, -0.2) is 12.1 Å². The lowest BCUT2D eigenvalue weighted by Gasteiger charge is -2.12. The van der Waals surface area contributed by atoms with E-state index >= 15 is 0 Å². The summed E-state index contributed by atoms with van der Waals surface area (Å²) in [4.78, 5) is 6.13. The number of nitrogens with zero attached hydrogens (tertiary/aromatic N) is 1. The Morgan fingerprint density at radius 1 is 1.37 bits per heavy atom. The standard InChI is InChI=1S/C15H18N2OS/c1-9-8-10(6-7-12(9)18-2)14(16)15-17-11-4-3-5-13(11)19-15/h6-8,14H,3-5,16H2,1-2H3. The minimum Gasteiger partial charge on any atom is -0.496 e. The maximum absolute atomic E-state index is 6.34. The maximum atomic E-state index is 6.34. The van der Waals surface area contributed by atoms with Crippen LogP contribution in [0.4, 0.5) is 0 Å². The van der Waals surface area contributed by atoms with E-state index < -0.39 is 0 Å². The Balaban J connectivity index is 1.90. The number of benzene rings is 1. The Morgan fingerprint density at radius 2 is 2.21 bits per heavy atom. The third kappa shape index (κ3) is 2.26. The van der Waals surface area contributed by atoms with E-state index in [1.54, 1.807) is 18.4 Å². The van der Waals surface area contributed by atoms with Gasteiger partial charge in [-0.3, -0.25) is 0 Å². The van der Waals surface area contributed by atoms with Crippen LogP contribution in [0, 0.1) is 6.92 Å². The number of thiazole rings is 1. The summed E-state index contributed by atoms with van der Waals surface area (Å²) in [6.45, 7) is 2.04. The van der Waals surface area contributed by atoms with Crippen molar-refractivity contribution in [2.45, 2.75) is 32.2 Å². The summed E-state index contributed by atoms with van der Waals surface area (Å²) in [5.74, 6) is 0.901. The molecule has 0 bridgehead atoms. The van der Waals surface area contributed by atoms with Crippen LogP contribution in [0.15, 0.2) is 18.2 Å². The Hall–Kier alpha value is -1.39. The van der Waals surface area contributed by atoms with Crippen molar-refractivity contribution in [3.8, 4) is 5.75 Å². The lowest BCUT2D eigenvalue weighted by atomic mass is 10.0. The second kappa shape index (κ2) is 4.94. The van der Waals surface area contributed by atoms with Gasteiger partial charge in [0.1, 0.15) is 10.8 Å². The van der Waals surface area contributed by atoms with Crippen LogP contribution in [0.25, 0.3) is 0 Å². The lowest BCUT2D eigenvalue weighted by molar-refractivity contribution is 0.411. The second-order valence-corrected chi connectivity index (χ2v) is 6.10. The van der Waals surface area contributed by atoms with Gasteiger partial charge in [0, 0.05) is 4.88 Å². The molecular weight excluding hydrogens is 256 g/mol. The average Bonchev–Trinajstić information content (AvgIpc) is 2.98. The maximum Gasteiger partial charge on any atom is 0.121 e. The van der Waals surface area contributed by atoms with Crippen LogP contribution < -0.4 is 10.5 Å². The van der Waals surface area contributed by atoms with Crippen molar-refractivity contribution < 1.29 is 4.74 Å². The molecule has 1 aromatic heterocycles. The number of nitrogens with two attached hydrogens (primary N) is 1. The molecule has 0 saturated heterocycles. The Kier molecular flexibility index (Phi) is 3.29. The zero-order chi connectivity index (χ0) is 13.4. The van der Waals surface area contributed by atoms with Gasteiger partial charge in [-0.2, -0.15) is 0 Å². The zero-order valence-electron chi connectivity index (χ0n) is 11.3. The molecule has 0 spiro atoms. The molecule has 0 aliphatic heterocycles. The normalized spacial score (nSPS) is 15.3. The van der Waals surface area contributed by atoms with Crippen molar-refractivity contribution in [2.24, 2.45) is 5.73 Å². The van der Waals surface area contributed by atoms with Gasteiger partial charge in [0.2, 0.25) is 0 Å². The minimum absolute atomic E-state index is 0.125. The van der Waals surface area contributed by atoms with Crippen molar-refractivity contribution >= 4 is 11.3 Å². The van der Waals surface area contributed by atoms with E-state index in [1.165, 1.54) is 23.4 Å². The van der Waals surface area contributed by atoms with Crippen molar-refractivity contribution in [3.63, 3.8) is 0 Å². The van der Waals surface area contributed by atoms with Crippen molar-refractivity contribution in [1.82, 2.24) is 4.98 Å². The summed E-state index contributed by atoms with van der Waals surface area (Å²) in [5.41, 5.74) is 9.82. The first-order valence-electron chi connectivity index (χ1n) is 6.57. The molecule has 2 N–H and O–H groups in total. The van der Waals surface area contributed by atoms with Crippen LogP contribution in [-0.2, 0) is 12.8 Å². The molecule has 1 aliphatic carbocycles. The fraction of sp³-hybridized carbons (Fsp3) is 0.400. The van der Waals surface area contributed by atoms with Gasteiger partial charge in [0.05, 0.1) is 18.8 Å². The fourth-order valence-electron chi connectivity index (χ4n) is 2.58. The highest BCUT2D eigenvalue weighted by Crippen LogP contribution is 2.33. The molecule has 100 valence electrons. The third-order valence-electron chi connectivity index (χ3n) is 3.66. The minimum atomic E-state index is -0.125. The summed E-state index contributed by atoms with van der Waals surface area (Å²) in [5, 5.41) is 1.04. The molecule has 0 saturated carbocycles. The summed E-state index contributed by atoms with van der Waals surface area (Å²) in [6, 6.07) is 5.98. The zero-order valence-corrected chi connectivity index (χ0v) is 12.1. The summed E-state index contributed by atoms with van der Waals surface area (Å²) >= 11 is 1.77. The molecular formula is C15H18N2OS. The molecule has 2 aromatic rings. The molecule has 1 aliphatic rings. The Labute approximate surface area is 117 Å². The summed E-state index contributed by atoms with van der Waals surface area (Å²) in [7, 11) is 1.69. The van der Waals surface area contributed by atoms with E-state index in [1.807, 2.05) is 19.1 Å². The van der Waals surface area contributed by atoms with Gasteiger partial charge >= 0.3 is 0 Å². The summed E-state index contributed by atoms with van der Waals surface area (Å²) < 4.78 is 5.28. The average molecular weight is 274 g/mol. The molecule has 3 rings (SSSR count). The van der Waals surface area contributed by atoms with Gasteiger partial charge in [0.15, 0.2) is 0 Å². The van der Waals surface area contributed by atoms with Gasteiger partial charge in [-0.1, -0.05) is 12.1 Å². The monoisotopic (exact) mass is 274 g/mol. The molecule has 4 heteroatoms. The van der Waals surface area contributed by atoms with E-state index in [0.29, 0.717) is 0 Å². The molecule has 0 amide bonds. The van der Waals surface area contributed by atoms with Crippen LogP contribution in [0.3, 0.4) is 0 Å². The molecule has 1 atom stereocenters. The Bertz CT molecular complexity index is 585. The number of fused-ring (bicyclic) bond motifs is 1. The number of methoxy groups -OCH3 is 1. The predicted molar refractivity (Wildman–Crippen MR) is 77.9 cm³/mol. The summed E-state index contributed by atoms with van der Waals surface area (Å²) in [6.07, 6.45) is 3.52. The fourth-order valence-corrected chi connectivity index (χ4v) is 3.76. The van der Waals surface area contributed by atoms with Gasteiger partial charge in [-0.15, -0.1) is 11.3 Å². The van der Waals surface area contributed by atoms with Crippen LogP contribution in [0.1, 0.15) is 39.2 Å². The van der Waals surface area contributed by atoms with Gasteiger partial charge in [-0.25, -0.2) is 4.98 Å². The molecule has 1 aromatic carbocycles. The second-order valence-electron chi connectivity index (χ2n) is 4.98. The van der Waals surface area contributed by atoms with Crippen molar-refractivity contribution in [3.05, 3.63) is 44.9 Å². The number of ether oxygens (including phenoxy) is 1.